The molecule has 1 fully saturated rings. The van der Waals surface area contributed by atoms with E-state index in [1.54, 1.807) is 12.3 Å². The summed E-state index contributed by atoms with van der Waals surface area (Å²) in [5.74, 6) is -1.23. The van der Waals surface area contributed by atoms with Gasteiger partial charge in [0.2, 0.25) is 5.95 Å². The molecule has 1 aromatic heterocycles. The Kier molecular flexibility index (Phi) is 7.25. The summed E-state index contributed by atoms with van der Waals surface area (Å²) < 4.78 is 41.4. The molecule has 0 amide bonds. The van der Waals surface area contributed by atoms with Crippen LogP contribution in [0.2, 0.25) is 0 Å². The van der Waals surface area contributed by atoms with E-state index in [9.17, 15) is 13.2 Å². The molecule has 3 aromatic rings. The molecular weight excluding hydrogens is 427 g/mol. The smallest absolute Gasteiger partial charge is 0.223 e. The van der Waals surface area contributed by atoms with Crippen LogP contribution in [0.15, 0.2) is 48.7 Å². The fourth-order valence-corrected chi connectivity index (χ4v) is 4.09. The Morgan fingerprint density at radius 2 is 1.82 bits per heavy atom. The normalized spacial score (nSPS) is 18.9. The van der Waals surface area contributed by atoms with Crippen molar-refractivity contribution in [3.63, 3.8) is 0 Å². The minimum atomic E-state index is -0.608. The van der Waals surface area contributed by atoms with Crippen molar-refractivity contribution in [1.82, 2.24) is 20.2 Å². The van der Waals surface area contributed by atoms with E-state index in [1.165, 1.54) is 18.2 Å². The Morgan fingerprint density at radius 3 is 2.61 bits per heavy atom. The quantitative estimate of drug-likeness (QED) is 0.553. The number of hydrogen-bond acceptors (Lipinski definition) is 5. The van der Waals surface area contributed by atoms with Crippen molar-refractivity contribution < 1.29 is 13.2 Å². The molecular formula is C25H28F3N5. The average molecular weight is 456 g/mol. The summed E-state index contributed by atoms with van der Waals surface area (Å²) in [4.78, 5) is 11.0. The maximum absolute atomic E-state index is 14.7. The average Bonchev–Trinajstić information content (AvgIpc) is 2.77. The number of nitrogens with zero attached hydrogens (tertiary/aromatic N) is 3. The molecule has 1 aliphatic rings. The molecule has 0 aliphatic carbocycles. The predicted octanol–water partition coefficient (Wildman–Crippen LogP) is 4.40. The lowest BCUT2D eigenvalue weighted by Gasteiger charge is -2.37. The second kappa shape index (κ2) is 10.3. The highest BCUT2D eigenvalue weighted by Gasteiger charge is 2.22. The minimum Gasteiger partial charge on any atom is -0.354 e. The topological polar surface area (TPSA) is 53.1 Å². The molecule has 1 aliphatic heterocycles. The van der Waals surface area contributed by atoms with Crippen LogP contribution in [-0.4, -0.2) is 46.6 Å². The van der Waals surface area contributed by atoms with Gasteiger partial charge in [-0.25, -0.2) is 23.1 Å². The number of anilines is 1. The van der Waals surface area contributed by atoms with Crippen LogP contribution in [0.3, 0.4) is 0 Å². The van der Waals surface area contributed by atoms with E-state index in [-0.39, 0.29) is 5.82 Å². The molecule has 2 aromatic carbocycles. The van der Waals surface area contributed by atoms with Crippen LogP contribution in [0.4, 0.5) is 19.1 Å². The first-order valence-corrected chi connectivity index (χ1v) is 11.2. The number of halogens is 3. The molecule has 2 heterocycles. The second-order valence-corrected chi connectivity index (χ2v) is 8.62. The van der Waals surface area contributed by atoms with Crippen molar-refractivity contribution in [1.29, 1.82) is 0 Å². The number of benzene rings is 2. The summed E-state index contributed by atoms with van der Waals surface area (Å²) in [5.41, 5.74) is 2.45. The summed E-state index contributed by atoms with van der Waals surface area (Å²) in [5, 5.41) is 6.52. The van der Waals surface area contributed by atoms with Gasteiger partial charge in [-0.2, -0.15) is 0 Å². The maximum Gasteiger partial charge on any atom is 0.223 e. The summed E-state index contributed by atoms with van der Waals surface area (Å²) >= 11 is 0. The monoisotopic (exact) mass is 455 g/mol. The third kappa shape index (κ3) is 6.09. The molecule has 2 N–H and O–H groups in total. The molecule has 174 valence electrons. The van der Waals surface area contributed by atoms with Crippen molar-refractivity contribution in [2.24, 2.45) is 0 Å². The van der Waals surface area contributed by atoms with E-state index in [2.05, 4.69) is 39.3 Å². The van der Waals surface area contributed by atoms with E-state index in [1.807, 2.05) is 12.1 Å². The van der Waals surface area contributed by atoms with Gasteiger partial charge in [0, 0.05) is 56.1 Å². The van der Waals surface area contributed by atoms with Crippen LogP contribution in [-0.2, 0) is 13.0 Å². The SMILES string of the molecule is C[C@H]1CN(Cc2ccc(F)c(-c3ccnc(NCCc4cc(F)cc(F)c4)n3)c2)[C@@H](C)CN1. The molecule has 0 bridgehead atoms. The minimum absolute atomic E-state index is 0.332. The predicted molar refractivity (Wildman–Crippen MR) is 123 cm³/mol. The first-order chi connectivity index (χ1) is 15.9. The molecule has 4 rings (SSSR count). The Balaban J connectivity index is 1.45. The highest BCUT2D eigenvalue weighted by atomic mass is 19.1. The number of nitrogens with one attached hydrogen (secondary N) is 2. The highest BCUT2D eigenvalue weighted by molar-refractivity contribution is 5.61. The third-order valence-electron chi connectivity index (χ3n) is 5.86. The van der Waals surface area contributed by atoms with Crippen LogP contribution in [0, 0.1) is 17.5 Å². The molecule has 5 nitrogen and oxygen atoms in total. The Morgan fingerprint density at radius 1 is 1.03 bits per heavy atom. The molecule has 0 spiro atoms. The van der Waals surface area contributed by atoms with Crippen molar-refractivity contribution >= 4 is 5.95 Å². The van der Waals surface area contributed by atoms with Crippen LogP contribution < -0.4 is 10.6 Å². The van der Waals surface area contributed by atoms with Crippen LogP contribution in [0.1, 0.15) is 25.0 Å². The van der Waals surface area contributed by atoms with Crippen LogP contribution >= 0.6 is 0 Å². The molecule has 8 heteroatoms. The van der Waals surface area contributed by atoms with Crippen LogP contribution in [0.25, 0.3) is 11.3 Å². The lowest BCUT2D eigenvalue weighted by Crippen LogP contribution is -2.53. The fourth-order valence-electron chi connectivity index (χ4n) is 4.09. The number of piperazine rings is 1. The maximum atomic E-state index is 14.7. The van der Waals surface area contributed by atoms with E-state index in [0.717, 1.165) is 31.3 Å². The van der Waals surface area contributed by atoms with Crippen molar-refractivity contribution in [3.05, 3.63) is 77.2 Å². The van der Waals surface area contributed by atoms with E-state index in [4.69, 9.17) is 0 Å². The molecule has 2 atom stereocenters. The van der Waals surface area contributed by atoms with Crippen molar-refractivity contribution in [3.8, 4) is 11.3 Å². The summed E-state index contributed by atoms with van der Waals surface area (Å²) in [7, 11) is 0. The van der Waals surface area contributed by atoms with Gasteiger partial charge in [-0.15, -0.1) is 0 Å². The zero-order valence-corrected chi connectivity index (χ0v) is 18.8. The first-order valence-electron chi connectivity index (χ1n) is 11.2. The Bertz CT molecular complexity index is 1090. The van der Waals surface area contributed by atoms with Gasteiger partial charge < -0.3 is 10.6 Å². The van der Waals surface area contributed by atoms with Gasteiger partial charge in [0.25, 0.3) is 0 Å². The van der Waals surface area contributed by atoms with Crippen molar-refractivity contribution in [2.75, 3.05) is 25.0 Å². The summed E-state index contributed by atoms with van der Waals surface area (Å²) in [6.45, 7) is 7.33. The van der Waals surface area contributed by atoms with Gasteiger partial charge in [-0.3, -0.25) is 4.90 Å². The summed E-state index contributed by atoms with van der Waals surface area (Å²) in [6, 6.07) is 11.1. The fraction of sp³-hybridized carbons (Fsp3) is 0.360. The van der Waals surface area contributed by atoms with Gasteiger partial charge in [-0.1, -0.05) is 6.07 Å². The van der Waals surface area contributed by atoms with E-state index in [0.29, 0.717) is 47.8 Å². The molecule has 0 saturated carbocycles. The number of hydrogen-bond donors (Lipinski definition) is 2. The number of aromatic nitrogens is 2. The molecule has 0 radical (unpaired) electrons. The first kappa shape index (κ1) is 23.2. The van der Waals surface area contributed by atoms with Gasteiger partial charge >= 0.3 is 0 Å². The molecule has 33 heavy (non-hydrogen) atoms. The molecule has 1 saturated heterocycles. The Hall–Kier alpha value is -2.97. The summed E-state index contributed by atoms with van der Waals surface area (Å²) in [6.07, 6.45) is 1.96. The highest BCUT2D eigenvalue weighted by Crippen LogP contribution is 2.24. The van der Waals surface area contributed by atoms with Gasteiger partial charge in [0.05, 0.1) is 5.69 Å². The number of rotatable bonds is 7. The second-order valence-electron chi connectivity index (χ2n) is 8.62. The van der Waals surface area contributed by atoms with Gasteiger partial charge in [0.1, 0.15) is 17.5 Å². The lowest BCUT2D eigenvalue weighted by molar-refractivity contribution is 0.139. The lowest BCUT2D eigenvalue weighted by atomic mass is 10.0. The van der Waals surface area contributed by atoms with Gasteiger partial charge in [-0.05, 0) is 61.7 Å². The Labute approximate surface area is 192 Å². The zero-order valence-electron chi connectivity index (χ0n) is 18.8. The van der Waals surface area contributed by atoms with Gasteiger partial charge in [0.15, 0.2) is 0 Å². The zero-order chi connectivity index (χ0) is 23.4. The third-order valence-corrected chi connectivity index (χ3v) is 5.86. The van der Waals surface area contributed by atoms with E-state index < -0.39 is 11.6 Å². The largest absolute Gasteiger partial charge is 0.354 e. The molecule has 0 unspecified atom stereocenters. The van der Waals surface area contributed by atoms with Crippen molar-refractivity contribution in [2.45, 2.75) is 38.9 Å². The van der Waals surface area contributed by atoms with E-state index >= 15 is 0 Å². The van der Waals surface area contributed by atoms with Crippen LogP contribution in [0.5, 0.6) is 0 Å². The standard InChI is InChI=1S/C25H28F3N5/c1-16-14-33(17(2)13-31-16)15-19-3-4-23(28)22(11-19)24-6-8-30-25(32-24)29-7-5-18-9-20(26)12-21(27)10-18/h3-4,6,8-12,16-17,31H,5,7,13-15H2,1-2H3,(H,29,30,32)/t16-,17-/m0/s1.